The van der Waals surface area contributed by atoms with E-state index in [-0.39, 0.29) is 5.56 Å². The van der Waals surface area contributed by atoms with Gasteiger partial charge in [-0.15, -0.1) is 0 Å². The van der Waals surface area contributed by atoms with E-state index in [1.807, 2.05) is 0 Å². The molecule has 2 aromatic rings. The van der Waals surface area contributed by atoms with Gasteiger partial charge in [0.25, 0.3) is 5.91 Å². The molecule has 1 atom stereocenters. The van der Waals surface area contributed by atoms with Crippen LogP contribution in [-0.4, -0.2) is 29.7 Å². The van der Waals surface area contributed by atoms with Crippen LogP contribution >= 0.6 is 0 Å². The zero-order valence-corrected chi connectivity index (χ0v) is 11.9. The number of anilines is 1. The van der Waals surface area contributed by atoms with Crippen LogP contribution in [0.1, 0.15) is 16.1 Å². The maximum atomic E-state index is 12.8. The average molecular weight is 322 g/mol. The number of para-hydroxylation sites is 1. The van der Waals surface area contributed by atoms with Gasteiger partial charge in [-0.3, -0.25) is 4.79 Å². The predicted molar refractivity (Wildman–Crippen MR) is 78.7 cm³/mol. The van der Waals surface area contributed by atoms with Crippen molar-refractivity contribution in [1.29, 1.82) is 0 Å². The molecule has 1 amide bonds. The molecule has 2 heterocycles. The van der Waals surface area contributed by atoms with Crippen LogP contribution < -0.4 is 5.32 Å². The van der Waals surface area contributed by atoms with Gasteiger partial charge in [-0.05, 0) is 36.4 Å². The molecule has 0 fully saturated rings. The Kier molecular flexibility index (Phi) is 3.85. The minimum Gasteiger partial charge on any atom is -0.465 e. The Morgan fingerprint density at radius 2 is 2.00 bits per heavy atom. The summed E-state index contributed by atoms with van der Waals surface area (Å²) in [6.45, 7) is -1.33. The van der Waals surface area contributed by atoms with Crippen molar-refractivity contribution < 1.29 is 22.4 Å². The number of nitrogens with one attached hydrogen (secondary N) is 1. The Bertz CT molecular complexity index is 723. The molecule has 1 aliphatic heterocycles. The van der Waals surface area contributed by atoms with Crippen molar-refractivity contribution in [2.24, 2.45) is 0 Å². The lowest BCUT2D eigenvalue weighted by atomic mass is 10.1. The third-order valence-corrected chi connectivity index (χ3v) is 3.39. The zero-order chi connectivity index (χ0) is 16.4. The van der Waals surface area contributed by atoms with Crippen LogP contribution in [0.25, 0.3) is 6.08 Å². The second kappa shape index (κ2) is 5.83. The fourth-order valence-corrected chi connectivity index (χ4v) is 2.40. The highest BCUT2D eigenvalue weighted by molar-refractivity contribution is 6.01. The zero-order valence-electron chi connectivity index (χ0n) is 11.9. The van der Waals surface area contributed by atoms with Crippen LogP contribution in [-0.2, 0) is 0 Å². The molecule has 1 N–H and O–H groups in total. The highest BCUT2D eigenvalue weighted by Gasteiger charge is 2.39. The van der Waals surface area contributed by atoms with Gasteiger partial charge in [-0.25, -0.2) is 0 Å². The summed E-state index contributed by atoms with van der Waals surface area (Å²) in [5.74, 6) is -0.171. The number of nitrogens with zero attached hydrogens (tertiary/aromatic N) is 1. The van der Waals surface area contributed by atoms with Gasteiger partial charge < -0.3 is 14.6 Å². The number of hydrogen-bond acceptors (Lipinski definition) is 3. The van der Waals surface area contributed by atoms with Crippen molar-refractivity contribution in [1.82, 2.24) is 4.90 Å². The Morgan fingerprint density at radius 1 is 1.22 bits per heavy atom. The van der Waals surface area contributed by atoms with Crippen LogP contribution in [0, 0.1) is 0 Å². The quantitative estimate of drug-likeness (QED) is 0.936. The third kappa shape index (κ3) is 3.39. The molecule has 120 valence electrons. The van der Waals surface area contributed by atoms with Crippen LogP contribution in [0.5, 0.6) is 0 Å². The van der Waals surface area contributed by atoms with Gasteiger partial charge in [0.1, 0.15) is 18.5 Å². The molecule has 3 rings (SSSR count). The lowest BCUT2D eigenvalue weighted by molar-refractivity contribution is -0.142. The smallest absolute Gasteiger partial charge is 0.406 e. The van der Waals surface area contributed by atoms with Gasteiger partial charge in [0, 0.05) is 5.69 Å². The van der Waals surface area contributed by atoms with Crippen LogP contribution in [0.2, 0.25) is 0 Å². The first kappa shape index (κ1) is 15.2. The Balaban J connectivity index is 1.92. The molecule has 0 saturated carbocycles. The van der Waals surface area contributed by atoms with Crippen LogP contribution in [0.15, 0.2) is 53.2 Å². The number of benzene rings is 1. The largest absolute Gasteiger partial charge is 0.465 e. The molecule has 1 aliphatic rings. The maximum absolute atomic E-state index is 12.8. The van der Waals surface area contributed by atoms with E-state index in [0.717, 1.165) is 4.90 Å². The summed E-state index contributed by atoms with van der Waals surface area (Å²) < 4.78 is 43.6. The highest BCUT2D eigenvalue weighted by atomic mass is 19.4. The molecule has 0 aliphatic carbocycles. The molecule has 23 heavy (non-hydrogen) atoms. The molecule has 0 saturated heterocycles. The fourth-order valence-electron chi connectivity index (χ4n) is 2.40. The van der Waals surface area contributed by atoms with E-state index in [9.17, 15) is 18.0 Å². The van der Waals surface area contributed by atoms with Crippen molar-refractivity contribution >= 4 is 17.7 Å². The van der Waals surface area contributed by atoms with Gasteiger partial charge in [0.15, 0.2) is 0 Å². The van der Waals surface area contributed by atoms with E-state index >= 15 is 0 Å². The minimum atomic E-state index is -4.49. The van der Waals surface area contributed by atoms with E-state index in [1.54, 1.807) is 30.3 Å². The number of amides is 1. The van der Waals surface area contributed by atoms with E-state index in [0.29, 0.717) is 11.4 Å². The molecule has 0 spiro atoms. The van der Waals surface area contributed by atoms with Gasteiger partial charge >= 0.3 is 6.18 Å². The highest BCUT2D eigenvalue weighted by Crippen LogP contribution is 2.28. The minimum absolute atomic E-state index is 0.222. The van der Waals surface area contributed by atoms with Gasteiger partial charge in [0.2, 0.25) is 0 Å². The molecule has 0 radical (unpaired) electrons. The first-order valence-corrected chi connectivity index (χ1v) is 6.89. The van der Waals surface area contributed by atoms with E-state index in [2.05, 4.69) is 5.32 Å². The van der Waals surface area contributed by atoms with Crippen molar-refractivity contribution in [3.8, 4) is 0 Å². The van der Waals surface area contributed by atoms with Crippen molar-refractivity contribution in [3.05, 3.63) is 60.1 Å². The topological polar surface area (TPSA) is 45.5 Å². The molecule has 1 aromatic carbocycles. The summed E-state index contributed by atoms with van der Waals surface area (Å²) in [4.78, 5) is 13.1. The van der Waals surface area contributed by atoms with Crippen molar-refractivity contribution in [3.63, 3.8) is 0 Å². The maximum Gasteiger partial charge on any atom is 0.406 e. The number of rotatable bonds is 3. The first-order valence-electron chi connectivity index (χ1n) is 6.89. The molecular weight excluding hydrogens is 309 g/mol. The molecular formula is C16H13F3N2O2. The summed E-state index contributed by atoms with van der Waals surface area (Å²) in [6, 6.07) is 9.83. The summed E-state index contributed by atoms with van der Waals surface area (Å²) in [5.41, 5.74) is 0.726. The van der Waals surface area contributed by atoms with Gasteiger partial charge in [-0.1, -0.05) is 12.1 Å². The monoisotopic (exact) mass is 322 g/mol. The predicted octanol–water partition coefficient (Wildman–Crippen LogP) is 3.75. The van der Waals surface area contributed by atoms with Gasteiger partial charge in [-0.2, -0.15) is 13.2 Å². The van der Waals surface area contributed by atoms with Gasteiger partial charge in [0.05, 0.1) is 11.8 Å². The number of fused-ring (bicyclic) bond motifs is 1. The molecule has 1 aromatic heterocycles. The fraction of sp³-hybridized carbons (Fsp3) is 0.188. The first-order chi connectivity index (χ1) is 10.9. The second-order valence-electron chi connectivity index (χ2n) is 5.06. The number of alkyl halides is 3. The summed E-state index contributed by atoms with van der Waals surface area (Å²) in [7, 11) is 0. The van der Waals surface area contributed by atoms with Crippen molar-refractivity contribution in [2.75, 3.05) is 11.9 Å². The molecule has 0 unspecified atom stereocenters. The van der Waals surface area contributed by atoms with E-state index < -0.39 is 24.8 Å². The van der Waals surface area contributed by atoms with E-state index in [4.69, 9.17) is 4.42 Å². The number of furan rings is 1. The average Bonchev–Trinajstić information content (AvgIpc) is 3.01. The number of carbonyl (C=O) groups is 1. The lowest BCUT2D eigenvalue weighted by Gasteiger charge is -2.36. The summed E-state index contributed by atoms with van der Waals surface area (Å²) in [6.07, 6.45) is -0.938. The van der Waals surface area contributed by atoms with Crippen molar-refractivity contribution in [2.45, 2.75) is 12.3 Å². The molecule has 0 bridgehead atoms. The number of carbonyl (C=O) groups excluding carboxylic acids is 1. The van der Waals surface area contributed by atoms with Crippen LogP contribution in [0.4, 0.5) is 18.9 Å². The molecule has 7 heteroatoms. The molecule has 4 nitrogen and oxygen atoms in total. The lowest BCUT2D eigenvalue weighted by Crippen LogP contribution is -2.51. The Hall–Kier alpha value is -2.70. The van der Waals surface area contributed by atoms with E-state index in [1.165, 1.54) is 24.5 Å². The third-order valence-electron chi connectivity index (χ3n) is 3.39. The Morgan fingerprint density at radius 3 is 2.70 bits per heavy atom. The number of hydrogen-bond donors (Lipinski definition) is 1. The van der Waals surface area contributed by atoms with Crippen LogP contribution in [0.3, 0.4) is 0 Å². The SMILES string of the molecule is O=C1c2ccccc2N[C@@H](/C=C\c2ccco2)N1CC(F)(F)F. The normalized spacial score (nSPS) is 18.1. The Labute approximate surface area is 130 Å². The number of halogens is 3. The second-order valence-corrected chi connectivity index (χ2v) is 5.06. The summed E-state index contributed by atoms with van der Waals surface area (Å²) in [5, 5.41) is 2.94. The standard InChI is InChI=1S/C16H13F3N2O2/c17-16(18,19)10-21-14(8-7-11-4-3-9-23-11)20-13-6-2-1-5-12(13)15(21)22/h1-9,14,20H,10H2/b8-7-/t14-/m1/s1. The summed E-state index contributed by atoms with van der Waals surface area (Å²) >= 11 is 0.